The Hall–Kier alpha value is -3.76. The predicted molar refractivity (Wildman–Crippen MR) is 135 cm³/mol. The largest absolute Gasteiger partial charge is 0.501 e. The van der Waals surface area contributed by atoms with Gasteiger partial charge in [0.2, 0.25) is 17.6 Å². The van der Waals surface area contributed by atoms with E-state index in [1.165, 1.54) is 17.6 Å². The van der Waals surface area contributed by atoms with Crippen molar-refractivity contribution in [3.05, 3.63) is 57.0 Å². The summed E-state index contributed by atoms with van der Waals surface area (Å²) >= 11 is 0. The summed E-state index contributed by atoms with van der Waals surface area (Å²) in [6.07, 6.45) is 3.84. The summed E-state index contributed by atoms with van der Waals surface area (Å²) in [6.45, 7) is 3.96. The van der Waals surface area contributed by atoms with E-state index in [0.717, 1.165) is 19.3 Å². The van der Waals surface area contributed by atoms with Gasteiger partial charge in [0.15, 0.2) is 5.69 Å². The zero-order valence-corrected chi connectivity index (χ0v) is 21.6. The Balaban J connectivity index is 1.47. The van der Waals surface area contributed by atoms with Crippen LogP contribution in [0.2, 0.25) is 0 Å². The minimum Gasteiger partial charge on any atom is -0.501 e. The van der Waals surface area contributed by atoms with Crippen LogP contribution in [0.1, 0.15) is 72.9 Å². The second-order valence-electron chi connectivity index (χ2n) is 10.7. The van der Waals surface area contributed by atoms with Crippen LogP contribution in [0.25, 0.3) is 0 Å². The van der Waals surface area contributed by atoms with Crippen molar-refractivity contribution in [2.24, 2.45) is 5.92 Å². The fraction of sp³-hybridized carbons (Fsp3) is 0.519. The molecule has 1 aromatic carbocycles. The van der Waals surface area contributed by atoms with E-state index in [-0.39, 0.29) is 35.9 Å². The first kappa shape index (κ1) is 25.9. The van der Waals surface area contributed by atoms with Gasteiger partial charge in [-0.05, 0) is 68.6 Å². The highest BCUT2D eigenvalue weighted by Crippen LogP contribution is 2.43. The number of nitrogens with one attached hydrogen (secondary N) is 2. The van der Waals surface area contributed by atoms with E-state index in [4.69, 9.17) is 0 Å². The van der Waals surface area contributed by atoms with Gasteiger partial charge in [-0.1, -0.05) is 12.1 Å². The zero-order chi connectivity index (χ0) is 27.2. The normalized spacial score (nSPS) is 24.0. The molecule has 1 aromatic heterocycles. The van der Waals surface area contributed by atoms with Crippen LogP contribution in [0.4, 0.5) is 4.39 Å². The summed E-state index contributed by atoms with van der Waals surface area (Å²) in [5, 5.41) is 16.5. The molecule has 38 heavy (non-hydrogen) atoms. The Kier molecular flexibility index (Phi) is 6.70. The van der Waals surface area contributed by atoms with Crippen molar-refractivity contribution < 1.29 is 23.9 Å². The Morgan fingerprint density at radius 2 is 1.95 bits per heavy atom. The molecule has 2 bridgehead atoms. The number of carbonyl (C=O) groups excluding carboxylic acids is 3. The highest BCUT2D eigenvalue weighted by atomic mass is 19.1. The topological polar surface area (TPSA) is 134 Å². The third-order valence-corrected chi connectivity index (χ3v) is 8.19. The van der Waals surface area contributed by atoms with Gasteiger partial charge in [0.25, 0.3) is 11.5 Å². The van der Waals surface area contributed by atoms with Crippen LogP contribution in [-0.4, -0.2) is 49.9 Å². The first-order valence-electron chi connectivity index (χ1n) is 13.1. The van der Waals surface area contributed by atoms with Crippen LogP contribution in [0, 0.1) is 18.7 Å². The number of hydrogen-bond acceptors (Lipinski definition) is 6. The lowest BCUT2D eigenvalue weighted by molar-refractivity contribution is -0.138. The maximum Gasteiger partial charge on any atom is 0.296 e. The number of benzene rings is 1. The maximum atomic E-state index is 13.6. The Bertz CT molecular complexity index is 1360. The highest BCUT2D eigenvalue weighted by Gasteiger charge is 2.47. The van der Waals surface area contributed by atoms with Crippen molar-refractivity contribution in [3.8, 4) is 5.75 Å². The Morgan fingerprint density at radius 1 is 1.21 bits per heavy atom. The molecule has 1 atom stereocenters. The minimum atomic E-state index is -0.995. The third kappa shape index (κ3) is 4.54. The van der Waals surface area contributed by atoms with Crippen LogP contribution in [-0.2, 0) is 28.2 Å². The lowest BCUT2D eigenvalue weighted by Crippen LogP contribution is -2.55. The van der Waals surface area contributed by atoms with Crippen LogP contribution in [0.5, 0.6) is 5.75 Å². The summed E-state index contributed by atoms with van der Waals surface area (Å²) in [4.78, 5) is 57.9. The maximum absolute atomic E-state index is 13.6. The molecule has 10 nitrogen and oxygen atoms in total. The number of rotatable bonds is 5. The second-order valence-corrected chi connectivity index (χ2v) is 10.7. The standard InChI is InChI=1S/C27H32FN5O5/c1-15-12-18(5-6-19(15)28)13-29-24(37)21-22(35)25(38)33-14-17-7-9-27(10-8-17,26(33)30-21)31-23(36)20-4-3-11-32(20)16(2)34/h5-6,12,17,20,35H,3-4,7-11,13-14H2,1-2H3,(H,29,37)(H,31,36). The third-order valence-electron chi connectivity index (χ3n) is 8.19. The van der Waals surface area contributed by atoms with Crippen LogP contribution in [0.15, 0.2) is 23.0 Å². The van der Waals surface area contributed by atoms with Crippen LogP contribution < -0.4 is 16.2 Å². The van der Waals surface area contributed by atoms with Gasteiger partial charge in [0.05, 0.1) is 5.54 Å². The lowest BCUT2D eigenvalue weighted by Gasteiger charge is -2.38. The van der Waals surface area contributed by atoms with Gasteiger partial charge >= 0.3 is 0 Å². The zero-order valence-electron chi connectivity index (χ0n) is 21.6. The highest BCUT2D eigenvalue weighted by molar-refractivity contribution is 5.94. The van der Waals surface area contributed by atoms with Gasteiger partial charge in [-0.3, -0.25) is 23.7 Å². The summed E-state index contributed by atoms with van der Waals surface area (Å²) in [7, 11) is 0. The number of fused-ring (bicyclic) bond motifs is 2. The molecule has 3 aliphatic heterocycles. The average Bonchev–Trinajstić information content (AvgIpc) is 3.28. The number of aryl methyl sites for hydroxylation is 1. The molecule has 1 aliphatic carbocycles. The number of amides is 3. The van der Waals surface area contributed by atoms with Gasteiger partial charge in [-0.15, -0.1) is 0 Å². The Labute approximate surface area is 219 Å². The number of hydrogen-bond donors (Lipinski definition) is 3. The SMILES string of the molecule is CC(=O)N1CCCC1C(=O)NC12CCC(CC1)Cn1c2nc(C(=O)NCc2ccc(F)c(C)c2)c(O)c1=O. The number of likely N-dealkylation sites (tertiary alicyclic amines) is 1. The van der Waals surface area contributed by atoms with Gasteiger partial charge in [-0.25, -0.2) is 9.37 Å². The van der Waals surface area contributed by atoms with Crippen LogP contribution in [0.3, 0.4) is 0 Å². The van der Waals surface area contributed by atoms with E-state index in [1.54, 1.807) is 24.0 Å². The van der Waals surface area contributed by atoms with Gasteiger partial charge < -0.3 is 20.6 Å². The molecular weight excluding hydrogens is 493 g/mol. The average molecular weight is 526 g/mol. The van der Waals surface area contributed by atoms with Crippen molar-refractivity contribution >= 4 is 17.7 Å². The predicted octanol–water partition coefficient (Wildman–Crippen LogP) is 1.85. The van der Waals surface area contributed by atoms with E-state index >= 15 is 0 Å². The summed E-state index contributed by atoms with van der Waals surface area (Å²) in [5.41, 5.74) is -1.05. The fourth-order valence-corrected chi connectivity index (χ4v) is 6.07. The molecule has 1 saturated heterocycles. The van der Waals surface area contributed by atoms with E-state index < -0.39 is 34.5 Å². The number of aromatic nitrogens is 2. The first-order valence-corrected chi connectivity index (χ1v) is 13.1. The molecular formula is C27H32FN5O5. The van der Waals surface area contributed by atoms with Crippen LogP contribution >= 0.6 is 0 Å². The molecule has 11 heteroatoms. The van der Waals surface area contributed by atoms with E-state index in [1.807, 2.05) is 0 Å². The van der Waals surface area contributed by atoms with E-state index in [0.29, 0.717) is 43.5 Å². The monoisotopic (exact) mass is 525 g/mol. The molecule has 4 aliphatic rings. The van der Waals surface area contributed by atoms with Crippen molar-refractivity contribution in [2.45, 2.75) is 77.0 Å². The second kappa shape index (κ2) is 9.85. The number of carbonyl (C=O) groups is 3. The summed E-state index contributed by atoms with van der Waals surface area (Å²) in [6, 6.07) is 3.85. The van der Waals surface area contributed by atoms with Crippen molar-refractivity contribution in [1.82, 2.24) is 25.1 Å². The number of nitrogens with zero attached hydrogens (tertiary/aromatic N) is 3. The molecule has 2 fully saturated rings. The van der Waals surface area contributed by atoms with Crippen molar-refractivity contribution in [2.75, 3.05) is 6.54 Å². The molecule has 4 heterocycles. The smallest absolute Gasteiger partial charge is 0.296 e. The fourth-order valence-electron chi connectivity index (χ4n) is 6.07. The van der Waals surface area contributed by atoms with E-state index in [9.17, 15) is 28.7 Å². The molecule has 3 N–H and O–H groups in total. The number of aromatic hydroxyl groups is 1. The molecule has 0 radical (unpaired) electrons. The van der Waals surface area contributed by atoms with E-state index in [2.05, 4.69) is 15.6 Å². The van der Waals surface area contributed by atoms with Gasteiger partial charge in [-0.2, -0.15) is 0 Å². The molecule has 1 unspecified atom stereocenters. The van der Waals surface area contributed by atoms with Crippen molar-refractivity contribution in [3.63, 3.8) is 0 Å². The quantitative estimate of drug-likeness (QED) is 0.546. The number of halogens is 1. The van der Waals surface area contributed by atoms with Gasteiger partial charge in [0.1, 0.15) is 17.7 Å². The minimum absolute atomic E-state index is 0.0476. The molecule has 0 spiro atoms. The molecule has 202 valence electrons. The molecule has 1 saturated carbocycles. The molecule has 6 rings (SSSR count). The Morgan fingerprint density at radius 3 is 2.63 bits per heavy atom. The van der Waals surface area contributed by atoms with Gasteiger partial charge in [0, 0.05) is 26.6 Å². The first-order chi connectivity index (χ1) is 18.1. The summed E-state index contributed by atoms with van der Waals surface area (Å²) in [5.74, 6) is -1.88. The molecule has 2 aromatic rings. The molecule has 3 amide bonds. The van der Waals surface area contributed by atoms with Crippen molar-refractivity contribution in [1.29, 1.82) is 0 Å². The lowest BCUT2D eigenvalue weighted by atomic mass is 9.77. The summed E-state index contributed by atoms with van der Waals surface area (Å²) < 4.78 is 15.0.